The van der Waals surface area contributed by atoms with Crippen LogP contribution in [0.5, 0.6) is 11.5 Å². The average molecular weight is 413 g/mol. The van der Waals surface area contributed by atoms with Crippen molar-refractivity contribution in [2.24, 2.45) is 0 Å². The van der Waals surface area contributed by atoms with Gasteiger partial charge in [0, 0.05) is 20.1 Å². The van der Waals surface area contributed by atoms with Gasteiger partial charge in [0.25, 0.3) is 10.0 Å². The fourth-order valence-corrected chi connectivity index (χ4v) is 4.84. The highest BCUT2D eigenvalue weighted by atomic mass is 32.2. The predicted molar refractivity (Wildman–Crippen MR) is 105 cm³/mol. The molecular formula is C18H24N2O5S2. The van der Waals surface area contributed by atoms with E-state index in [-0.39, 0.29) is 16.7 Å². The summed E-state index contributed by atoms with van der Waals surface area (Å²) in [6.07, 6.45) is 0. The van der Waals surface area contributed by atoms with Gasteiger partial charge in [0.15, 0.2) is 11.5 Å². The fourth-order valence-electron chi connectivity index (χ4n) is 2.52. The summed E-state index contributed by atoms with van der Waals surface area (Å²) in [6.45, 7) is 2.44. The number of sulfonamides is 1. The molecular weight excluding hydrogens is 388 g/mol. The summed E-state index contributed by atoms with van der Waals surface area (Å²) in [5.74, 6) is 0.920. The van der Waals surface area contributed by atoms with Gasteiger partial charge < -0.3 is 14.4 Å². The molecule has 0 saturated heterocycles. The van der Waals surface area contributed by atoms with Gasteiger partial charge in [-0.3, -0.25) is 4.79 Å². The number of carbonyl (C=O) groups is 1. The van der Waals surface area contributed by atoms with E-state index in [1.807, 2.05) is 13.0 Å². The maximum atomic E-state index is 12.7. The van der Waals surface area contributed by atoms with Crippen molar-refractivity contribution in [3.8, 4) is 11.5 Å². The molecule has 0 aliphatic rings. The fraction of sp³-hybridized carbons (Fsp3) is 0.389. The van der Waals surface area contributed by atoms with E-state index in [0.717, 1.165) is 21.2 Å². The number of carbonyl (C=O) groups excluding carboxylic acids is 1. The van der Waals surface area contributed by atoms with Crippen molar-refractivity contribution in [1.82, 2.24) is 9.21 Å². The Morgan fingerprint density at radius 2 is 1.85 bits per heavy atom. The van der Waals surface area contributed by atoms with Crippen LogP contribution in [0.1, 0.15) is 12.5 Å². The summed E-state index contributed by atoms with van der Waals surface area (Å²) < 4.78 is 36.8. The third kappa shape index (κ3) is 5.00. The van der Waals surface area contributed by atoms with Gasteiger partial charge in [-0.05, 0) is 36.1 Å². The summed E-state index contributed by atoms with van der Waals surface area (Å²) in [5, 5.41) is 1.69. The van der Waals surface area contributed by atoms with Crippen molar-refractivity contribution in [2.45, 2.75) is 17.7 Å². The predicted octanol–water partition coefficient (Wildman–Crippen LogP) is 2.43. The normalized spacial score (nSPS) is 11.4. The SMILES string of the molecule is CCN(Cc1ccc(OC)c(OC)c1)C(=O)CN(C)S(=O)(=O)c1cccs1. The summed E-state index contributed by atoms with van der Waals surface area (Å²) >= 11 is 1.13. The van der Waals surface area contributed by atoms with Crippen molar-refractivity contribution in [2.75, 3.05) is 34.4 Å². The number of nitrogens with zero attached hydrogens (tertiary/aromatic N) is 2. The van der Waals surface area contributed by atoms with Crippen LogP contribution in [-0.4, -0.2) is 57.9 Å². The Labute approximate surface area is 164 Å². The first-order valence-corrected chi connectivity index (χ1v) is 10.6. The van der Waals surface area contributed by atoms with E-state index in [0.29, 0.717) is 24.6 Å². The van der Waals surface area contributed by atoms with E-state index in [4.69, 9.17) is 9.47 Å². The minimum absolute atomic E-state index is 0.221. The summed E-state index contributed by atoms with van der Waals surface area (Å²) in [6, 6.07) is 8.63. The zero-order chi connectivity index (χ0) is 20.0. The van der Waals surface area contributed by atoms with E-state index in [2.05, 4.69) is 0 Å². The molecule has 9 heteroatoms. The van der Waals surface area contributed by atoms with Gasteiger partial charge >= 0.3 is 0 Å². The molecule has 7 nitrogen and oxygen atoms in total. The van der Waals surface area contributed by atoms with E-state index in [1.54, 1.807) is 42.7 Å². The molecule has 1 heterocycles. The van der Waals surface area contributed by atoms with Crippen molar-refractivity contribution in [1.29, 1.82) is 0 Å². The molecule has 0 N–H and O–H groups in total. The Hall–Kier alpha value is -2.10. The van der Waals surface area contributed by atoms with Crippen LogP contribution in [0.4, 0.5) is 0 Å². The zero-order valence-electron chi connectivity index (χ0n) is 15.8. The third-order valence-electron chi connectivity index (χ3n) is 4.07. The first-order chi connectivity index (χ1) is 12.8. The second-order valence-corrected chi connectivity index (χ2v) is 9.01. The molecule has 1 amide bonds. The lowest BCUT2D eigenvalue weighted by atomic mass is 10.2. The van der Waals surface area contributed by atoms with Gasteiger partial charge in [-0.15, -0.1) is 11.3 Å². The standard InChI is InChI=1S/C18H24N2O5S2/c1-5-20(12-14-8-9-15(24-3)16(11-14)25-4)17(21)13-19(2)27(22,23)18-7-6-10-26-18/h6-11H,5,12-13H2,1-4H3. The Morgan fingerprint density at radius 3 is 2.41 bits per heavy atom. The molecule has 0 aliphatic carbocycles. The molecule has 0 bridgehead atoms. The van der Waals surface area contributed by atoms with Crippen LogP contribution >= 0.6 is 11.3 Å². The molecule has 0 fully saturated rings. The van der Waals surface area contributed by atoms with Crippen LogP contribution in [0.3, 0.4) is 0 Å². The van der Waals surface area contributed by atoms with Crippen LogP contribution in [0, 0.1) is 0 Å². The molecule has 0 aliphatic heterocycles. The van der Waals surface area contributed by atoms with E-state index in [9.17, 15) is 13.2 Å². The highest BCUT2D eigenvalue weighted by Gasteiger charge is 2.25. The molecule has 2 aromatic rings. The highest BCUT2D eigenvalue weighted by molar-refractivity contribution is 7.91. The monoisotopic (exact) mass is 412 g/mol. The summed E-state index contributed by atoms with van der Waals surface area (Å²) in [5.41, 5.74) is 0.867. The minimum atomic E-state index is -3.66. The third-order valence-corrected chi connectivity index (χ3v) is 7.25. The number of hydrogen-bond acceptors (Lipinski definition) is 6. The van der Waals surface area contributed by atoms with Crippen LogP contribution < -0.4 is 9.47 Å². The van der Waals surface area contributed by atoms with Crippen molar-refractivity contribution in [3.63, 3.8) is 0 Å². The molecule has 0 radical (unpaired) electrons. The first kappa shape index (κ1) is 21.2. The second-order valence-electron chi connectivity index (χ2n) is 5.79. The van der Waals surface area contributed by atoms with Crippen molar-refractivity contribution < 1.29 is 22.7 Å². The highest BCUT2D eigenvalue weighted by Crippen LogP contribution is 2.28. The number of amides is 1. The van der Waals surface area contributed by atoms with Crippen molar-refractivity contribution >= 4 is 27.3 Å². The molecule has 0 spiro atoms. The number of likely N-dealkylation sites (N-methyl/N-ethyl adjacent to an activating group) is 2. The number of rotatable bonds is 9. The Bertz CT molecular complexity index is 866. The second kappa shape index (κ2) is 9.20. The summed E-state index contributed by atoms with van der Waals surface area (Å²) in [7, 11) is 0.866. The number of benzene rings is 1. The van der Waals surface area contributed by atoms with Gasteiger partial charge in [0.2, 0.25) is 5.91 Å². The lowest BCUT2D eigenvalue weighted by Crippen LogP contribution is -2.40. The van der Waals surface area contributed by atoms with Gasteiger partial charge in [0.1, 0.15) is 4.21 Å². The number of ether oxygens (including phenoxy) is 2. The van der Waals surface area contributed by atoms with Gasteiger partial charge in [-0.1, -0.05) is 12.1 Å². The molecule has 2 rings (SSSR count). The van der Waals surface area contributed by atoms with Crippen LogP contribution in [0.25, 0.3) is 0 Å². The molecule has 0 saturated carbocycles. The Morgan fingerprint density at radius 1 is 1.15 bits per heavy atom. The Balaban J connectivity index is 2.10. The van der Waals surface area contributed by atoms with Gasteiger partial charge in [-0.25, -0.2) is 8.42 Å². The van der Waals surface area contributed by atoms with E-state index in [1.165, 1.54) is 13.1 Å². The molecule has 148 valence electrons. The van der Waals surface area contributed by atoms with E-state index < -0.39 is 10.0 Å². The van der Waals surface area contributed by atoms with Gasteiger partial charge in [-0.2, -0.15) is 4.31 Å². The van der Waals surface area contributed by atoms with Crippen LogP contribution in [0.15, 0.2) is 39.9 Å². The molecule has 27 heavy (non-hydrogen) atoms. The number of thiophene rings is 1. The minimum Gasteiger partial charge on any atom is -0.493 e. The van der Waals surface area contributed by atoms with Crippen molar-refractivity contribution in [3.05, 3.63) is 41.3 Å². The maximum absolute atomic E-state index is 12.7. The lowest BCUT2D eigenvalue weighted by molar-refractivity contribution is -0.131. The number of methoxy groups -OCH3 is 2. The number of hydrogen-bond donors (Lipinski definition) is 0. The topological polar surface area (TPSA) is 76.2 Å². The summed E-state index contributed by atoms with van der Waals surface area (Å²) in [4.78, 5) is 14.2. The maximum Gasteiger partial charge on any atom is 0.252 e. The van der Waals surface area contributed by atoms with Gasteiger partial charge in [0.05, 0.1) is 20.8 Å². The lowest BCUT2D eigenvalue weighted by Gasteiger charge is -2.24. The smallest absolute Gasteiger partial charge is 0.252 e. The van der Waals surface area contributed by atoms with Crippen LogP contribution in [0.2, 0.25) is 0 Å². The largest absolute Gasteiger partial charge is 0.493 e. The zero-order valence-corrected chi connectivity index (χ0v) is 17.5. The molecule has 0 unspecified atom stereocenters. The molecule has 0 atom stereocenters. The Kier molecular flexibility index (Phi) is 7.23. The molecule has 1 aromatic carbocycles. The van der Waals surface area contributed by atoms with Crippen LogP contribution in [-0.2, 0) is 21.4 Å². The van der Waals surface area contributed by atoms with E-state index >= 15 is 0 Å². The first-order valence-electron chi connectivity index (χ1n) is 8.32. The molecule has 1 aromatic heterocycles. The quantitative estimate of drug-likeness (QED) is 0.632. The average Bonchev–Trinajstić information content (AvgIpc) is 3.21.